The molecular weight excluding hydrogens is 314 g/mol. The molecule has 0 aromatic heterocycles. The van der Waals surface area contributed by atoms with Crippen molar-refractivity contribution >= 4 is 23.8 Å². The lowest BCUT2D eigenvalue weighted by Crippen LogP contribution is -2.47. The minimum atomic E-state index is -0.999. The summed E-state index contributed by atoms with van der Waals surface area (Å²) in [7, 11) is 3.46. The molecule has 2 aliphatic heterocycles. The van der Waals surface area contributed by atoms with Crippen LogP contribution in [0.5, 0.6) is 0 Å². The van der Waals surface area contributed by atoms with E-state index in [1.54, 1.807) is 25.8 Å². The van der Waals surface area contributed by atoms with E-state index in [0.717, 1.165) is 4.90 Å². The first kappa shape index (κ1) is 18.2. The molecule has 9 heteroatoms. The van der Waals surface area contributed by atoms with Crippen LogP contribution in [-0.4, -0.2) is 90.8 Å². The summed E-state index contributed by atoms with van der Waals surface area (Å²) in [5, 5.41) is 5.16. The highest BCUT2D eigenvalue weighted by molar-refractivity contribution is 6.08. The van der Waals surface area contributed by atoms with Gasteiger partial charge in [-0.15, -0.1) is 0 Å². The molecule has 2 rings (SSSR count). The largest absolute Gasteiger partial charge is 0.359 e. The molecule has 0 bridgehead atoms. The number of imide groups is 1. The first-order valence-electron chi connectivity index (χ1n) is 7.97. The van der Waals surface area contributed by atoms with Crippen molar-refractivity contribution in [3.63, 3.8) is 0 Å². The van der Waals surface area contributed by atoms with E-state index in [4.69, 9.17) is 0 Å². The van der Waals surface area contributed by atoms with Crippen LogP contribution in [0.3, 0.4) is 0 Å². The fourth-order valence-corrected chi connectivity index (χ4v) is 2.97. The van der Waals surface area contributed by atoms with Gasteiger partial charge in [0, 0.05) is 33.2 Å². The van der Waals surface area contributed by atoms with Crippen LogP contribution in [0.1, 0.15) is 13.8 Å². The van der Waals surface area contributed by atoms with Crippen molar-refractivity contribution in [2.45, 2.75) is 19.4 Å². The van der Waals surface area contributed by atoms with Gasteiger partial charge in [0.15, 0.2) is 0 Å². The third-order valence-corrected chi connectivity index (χ3v) is 4.43. The molecule has 0 aromatic carbocycles. The summed E-state index contributed by atoms with van der Waals surface area (Å²) >= 11 is 0. The van der Waals surface area contributed by atoms with Crippen LogP contribution in [0.2, 0.25) is 0 Å². The monoisotopic (exact) mass is 339 g/mol. The van der Waals surface area contributed by atoms with E-state index in [1.165, 1.54) is 0 Å². The molecule has 2 heterocycles. The summed E-state index contributed by atoms with van der Waals surface area (Å²) in [6.45, 7) is 4.80. The molecule has 1 unspecified atom stereocenters. The van der Waals surface area contributed by atoms with Crippen LogP contribution in [0.4, 0.5) is 4.79 Å². The third-order valence-electron chi connectivity index (χ3n) is 4.43. The van der Waals surface area contributed by atoms with Crippen LogP contribution >= 0.6 is 0 Å². The molecule has 0 spiro atoms. The van der Waals surface area contributed by atoms with Gasteiger partial charge in [0.1, 0.15) is 12.1 Å². The summed E-state index contributed by atoms with van der Waals surface area (Å²) in [6, 6.07) is -0.562. The molecule has 2 aliphatic rings. The Balaban J connectivity index is 2.07. The number of amides is 5. The smallest absolute Gasteiger partial charge is 0.325 e. The Kier molecular flexibility index (Phi) is 5.12. The quantitative estimate of drug-likeness (QED) is 0.606. The zero-order chi connectivity index (χ0) is 18.1. The number of likely N-dealkylation sites (N-methyl/N-ethyl adjacent to an activating group) is 1. The SMILES string of the molecule is CNC(=O)C1CN(C)CCN(C(=O)CN2C(=O)NC(C)(C)C2=O)C1. The van der Waals surface area contributed by atoms with Crippen LogP contribution in [-0.2, 0) is 14.4 Å². The number of hydrogen-bond donors (Lipinski definition) is 2. The summed E-state index contributed by atoms with van der Waals surface area (Å²) in [5.74, 6) is -1.22. The van der Waals surface area contributed by atoms with Gasteiger partial charge >= 0.3 is 6.03 Å². The number of rotatable bonds is 3. The lowest BCUT2D eigenvalue weighted by molar-refractivity contribution is -0.139. The summed E-state index contributed by atoms with van der Waals surface area (Å²) in [5.41, 5.74) is -0.999. The predicted octanol–water partition coefficient (Wildman–Crippen LogP) is -1.55. The highest BCUT2D eigenvalue weighted by Crippen LogP contribution is 2.17. The first-order chi connectivity index (χ1) is 11.2. The fourth-order valence-electron chi connectivity index (χ4n) is 2.97. The maximum atomic E-state index is 12.6. The van der Waals surface area contributed by atoms with E-state index in [0.29, 0.717) is 19.6 Å². The normalized spacial score (nSPS) is 24.6. The van der Waals surface area contributed by atoms with Gasteiger partial charge in [-0.2, -0.15) is 0 Å². The van der Waals surface area contributed by atoms with E-state index in [1.807, 2.05) is 11.9 Å². The number of carbonyl (C=O) groups is 4. The minimum absolute atomic E-state index is 0.127. The van der Waals surface area contributed by atoms with E-state index in [9.17, 15) is 19.2 Å². The second kappa shape index (κ2) is 6.76. The Morgan fingerprint density at radius 1 is 1.25 bits per heavy atom. The summed E-state index contributed by atoms with van der Waals surface area (Å²) in [4.78, 5) is 53.1. The number of nitrogens with zero attached hydrogens (tertiary/aromatic N) is 3. The van der Waals surface area contributed by atoms with Crippen LogP contribution < -0.4 is 10.6 Å². The summed E-state index contributed by atoms with van der Waals surface area (Å²) in [6.07, 6.45) is 0. The number of urea groups is 1. The second-order valence-corrected chi connectivity index (χ2v) is 6.86. The molecule has 2 N–H and O–H groups in total. The van der Waals surface area contributed by atoms with Gasteiger partial charge < -0.3 is 20.4 Å². The van der Waals surface area contributed by atoms with Crippen LogP contribution in [0.15, 0.2) is 0 Å². The standard InChI is InChI=1S/C15H25N5O4/c1-15(2)13(23)20(14(24)17-15)9-11(21)19-6-5-18(4)7-10(8-19)12(22)16-3/h10H,5-9H2,1-4H3,(H,16,22)(H,17,24). The Bertz CT molecular complexity index is 562. The van der Waals surface area contributed by atoms with Gasteiger partial charge in [-0.05, 0) is 20.9 Å². The van der Waals surface area contributed by atoms with E-state index in [2.05, 4.69) is 10.6 Å². The molecule has 0 aromatic rings. The molecule has 24 heavy (non-hydrogen) atoms. The fraction of sp³-hybridized carbons (Fsp3) is 0.733. The molecule has 2 saturated heterocycles. The predicted molar refractivity (Wildman–Crippen MR) is 86.0 cm³/mol. The average molecular weight is 339 g/mol. The third kappa shape index (κ3) is 3.66. The van der Waals surface area contributed by atoms with Crippen molar-refractivity contribution in [3.8, 4) is 0 Å². The van der Waals surface area contributed by atoms with Crippen molar-refractivity contribution in [2.24, 2.45) is 5.92 Å². The Morgan fingerprint density at radius 3 is 2.46 bits per heavy atom. The lowest BCUT2D eigenvalue weighted by atomic mass is 10.1. The number of hydrogen-bond acceptors (Lipinski definition) is 5. The maximum absolute atomic E-state index is 12.6. The van der Waals surface area contributed by atoms with Gasteiger partial charge in [0.2, 0.25) is 11.8 Å². The van der Waals surface area contributed by atoms with Gasteiger partial charge in [-0.3, -0.25) is 19.3 Å². The Hall–Kier alpha value is -2.16. The zero-order valence-corrected chi connectivity index (χ0v) is 14.6. The minimum Gasteiger partial charge on any atom is -0.359 e. The number of carbonyl (C=O) groups excluding carboxylic acids is 4. The van der Waals surface area contributed by atoms with Gasteiger partial charge in [-0.25, -0.2) is 4.79 Å². The highest BCUT2D eigenvalue weighted by Gasteiger charge is 2.45. The van der Waals surface area contributed by atoms with E-state index < -0.39 is 17.5 Å². The Morgan fingerprint density at radius 2 is 1.92 bits per heavy atom. The van der Waals surface area contributed by atoms with Gasteiger partial charge in [-0.1, -0.05) is 0 Å². The average Bonchev–Trinajstić information content (AvgIpc) is 2.68. The van der Waals surface area contributed by atoms with Crippen molar-refractivity contribution < 1.29 is 19.2 Å². The highest BCUT2D eigenvalue weighted by atomic mass is 16.2. The summed E-state index contributed by atoms with van der Waals surface area (Å²) < 4.78 is 0. The van der Waals surface area contributed by atoms with Crippen molar-refractivity contribution in [1.29, 1.82) is 0 Å². The molecule has 0 saturated carbocycles. The van der Waals surface area contributed by atoms with Gasteiger partial charge in [0.05, 0.1) is 5.92 Å². The molecule has 0 radical (unpaired) electrons. The van der Waals surface area contributed by atoms with Crippen LogP contribution in [0, 0.1) is 5.92 Å². The molecule has 1 atom stereocenters. The molecule has 5 amide bonds. The molecular formula is C15H25N5O4. The second-order valence-electron chi connectivity index (χ2n) is 6.86. The van der Waals surface area contributed by atoms with Crippen molar-refractivity contribution in [1.82, 2.24) is 25.3 Å². The Labute approximate surface area is 141 Å². The van der Waals surface area contributed by atoms with Crippen molar-refractivity contribution in [3.05, 3.63) is 0 Å². The maximum Gasteiger partial charge on any atom is 0.325 e. The lowest BCUT2D eigenvalue weighted by Gasteiger charge is -2.25. The topological polar surface area (TPSA) is 102 Å². The first-order valence-corrected chi connectivity index (χ1v) is 7.97. The molecule has 0 aliphatic carbocycles. The van der Waals surface area contributed by atoms with E-state index >= 15 is 0 Å². The van der Waals surface area contributed by atoms with Crippen molar-refractivity contribution in [2.75, 3.05) is 46.8 Å². The van der Waals surface area contributed by atoms with E-state index in [-0.39, 0.29) is 30.8 Å². The molecule has 134 valence electrons. The molecule has 2 fully saturated rings. The molecule has 9 nitrogen and oxygen atoms in total. The van der Waals surface area contributed by atoms with Crippen LogP contribution in [0.25, 0.3) is 0 Å². The zero-order valence-electron chi connectivity index (χ0n) is 14.6. The number of nitrogens with one attached hydrogen (secondary N) is 2. The van der Waals surface area contributed by atoms with Gasteiger partial charge in [0.25, 0.3) is 5.91 Å².